The number of aliphatic hydroxyl groups excluding tert-OH is 1. The van der Waals surface area contributed by atoms with E-state index < -0.39 is 24.7 Å². The molecule has 1 atom stereocenters. The van der Waals surface area contributed by atoms with Crippen LogP contribution in [-0.2, 0) is 0 Å². The second kappa shape index (κ2) is 2.75. The summed E-state index contributed by atoms with van der Waals surface area (Å²) >= 11 is 0. The summed E-state index contributed by atoms with van der Waals surface area (Å²) in [6, 6.07) is 0. The van der Waals surface area contributed by atoms with E-state index >= 15 is 0 Å². The van der Waals surface area contributed by atoms with E-state index in [-0.39, 0.29) is 0 Å². The molecule has 0 aliphatic carbocycles. The number of nitrogens with two attached hydrogens (primary N) is 1. The Morgan fingerprint density at radius 1 is 1.40 bits per heavy atom. The second-order valence-electron chi connectivity index (χ2n) is 2.42. The summed E-state index contributed by atoms with van der Waals surface area (Å²) in [6.07, 6.45) is -4.42. The monoisotopic (exact) mass is 157 g/mol. The second-order valence-corrected chi connectivity index (χ2v) is 2.42. The van der Waals surface area contributed by atoms with Crippen molar-refractivity contribution >= 4 is 0 Å². The van der Waals surface area contributed by atoms with Gasteiger partial charge >= 0.3 is 6.18 Å². The van der Waals surface area contributed by atoms with Crippen LogP contribution >= 0.6 is 0 Å². The van der Waals surface area contributed by atoms with E-state index in [1.807, 2.05) is 0 Å². The molecule has 10 heavy (non-hydrogen) atoms. The highest BCUT2D eigenvalue weighted by molar-refractivity contribution is 4.81. The van der Waals surface area contributed by atoms with Crippen molar-refractivity contribution in [2.45, 2.75) is 13.1 Å². The molecule has 2 nitrogen and oxygen atoms in total. The molecule has 0 fully saturated rings. The fourth-order valence-electron chi connectivity index (χ4n) is 0.270. The minimum atomic E-state index is -4.42. The van der Waals surface area contributed by atoms with Crippen molar-refractivity contribution in [3.05, 3.63) is 0 Å². The average Bonchev–Trinajstić information content (AvgIpc) is 1.84. The quantitative estimate of drug-likeness (QED) is 0.613. The van der Waals surface area contributed by atoms with Gasteiger partial charge in [0.25, 0.3) is 0 Å². The highest BCUT2D eigenvalue weighted by Crippen LogP contribution is 2.36. The van der Waals surface area contributed by atoms with Crippen molar-refractivity contribution in [1.82, 2.24) is 0 Å². The number of alkyl halides is 3. The Bertz CT molecular complexity index is 108. The summed E-state index contributed by atoms with van der Waals surface area (Å²) in [4.78, 5) is 0. The Balaban J connectivity index is 4.33. The first kappa shape index (κ1) is 9.71. The van der Waals surface area contributed by atoms with Crippen LogP contribution < -0.4 is 5.73 Å². The maximum absolute atomic E-state index is 11.9. The lowest BCUT2D eigenvalue weighted by Crippen LogP contribution is -2.44. The van der Waals surface area contributed by atoms with E-state index in [2.05, 4.69) is 0 Å². The van der Waals surface area contributed by atoms with Gasteiger partial charge in [0.05, 0.1) is 12.0 Å². The zero-order valence-electron chi connectivity index (χ0n) is 5.57. The number of hydrogen-bond donors (Lipinski definition) is 2. The van der Waals surface area contributed by atoms with Crippen LogP contribution in [0.25, 0.3) is 0 Å². The third-order valence-corrected chi connectivity index (χ3v) is 1.48. The third kappa shape index (κ3) is 1.60. The number of hydrogen-bond acceptors (Lipinski definition) is 2. The molecule has 0 saturated carbocycles. The molecule has 0 aromatic heterocycles. The molecule has 0 amide bonds. The first-order chi connectivity index (χ1) is 4.37. The van der Waals surface area contributed by atoms with Gasteiger partial charge in [0.2, 0.25) is 0 Å². The van der Waals surface area contributed by atoms with Crippen LogP contribution in [0.1, 0.15) is 6.92 Å². The van der Waals surface area contributed by atoms with E-state index in [9.17, 15) is 13.2 Å². The topological polar surface area (TPSA) is 46.2 Å². The molecular formula is C5H10F3NO. The molecule has 0 aliphatic heterocycles. The lowest BCUT2D eigenvalue weighted by atomic mass is 9.91. The summed E-state index contributed by atoms with van der Waals surface area (Å²) in [5, 5.41) is 8.32. The predicted molar refractivity (Wildman–Crippen MR) is 30.3 cm³/mol. The van der Waals surface area contributed by atoms with Gasteiger partial charge in [-0.25, -0.2) is 0 Å². The minimum Gasteiger partial charge on any atom is -0.395 e. The van der Waals surface area contributed by atoms with E-state index in [0.29, 0.717) is 0 Å². The third-order valence-electron chi connectivity index (χ3n) is 1.48. The van der Waals surface area contributed by atoms with Gasteiger partial charge in [-0.3, -0.25) is 0 Å². The summed E-state index contributed by atoms with van der Waals surface area (Å²) in [5.74, 6) is 0. The van der Waals surface area contributed by atoms with Crippen LogP contribution in [0.4, 0.5) is 13.2 Å². The molecule has 0 heterocycles. The summed E-state index contributed by atoms with van der Waals surface area (Å²) in [5.41, 5.74) is 2.68. The van der Waals surface area contributed by atoms with Gasteiger partial charge in [-0.1, -0.05) is 0 Å². The molecule has 0 bridgehead atoms. The van der Waals surface area contributed by atoms with Crippen molar-refractivity contribution in [2.75, 3.05) is 13.2 Å². The smallest absolute Gasteiger partial charge is 0.395 e. The lowest BCUT2D eigenvalue weighted by molar-refractivity contribution is -0.224. The van der Waals surface area contributed by atoms with Crippen molar-refractivity contribution < 1.29 is 18.3 Å². The Morgan fingerprint density at radius 3 is 1.80 bits per heavy atom. The molecular weight excluding hydrogens is 147 g/mol. The number of aliphatic hydroxyl groups is 1. The first-order valence-corrected chi connectivity index (χ1v) is 2.75. The molecule has 0 aromatic rings. The zero-order valence-corrected chi connectivity index (χ0v) is 5.57. The SMILES string of the molecule is CC(CN)(CO)C(F)(F)F. The van der Waals surface area contributed by atoms with Gasteiger partial charge in [0.15, 0.2) is 0 Å². The molecule has 0 radical (unpaired) electrons. The Labute approximate surface area is 56.8 Å². The van der Waals surface area contributed by atoms with Gasteiger partial charge in [0, 0.05) is 6.54 Å². The maximum atomic E-state index is 11.9. The van der Waals surface area contributed by atoms with Crippen LogP contribution in [-0.4, -0.2) is 24.4 Å². The molecule has 0 aliphatic rings. The zero-order chi connectivity index (χ0) is 8.41. The number of halogens is 3. The molecule has 0 spiro atoms. The van der Waals surface area contributed by atoms with Crippen molar-refractivity contribution in [3.63, 3.8) is 0 Å². The number of rotatable bonds is 2. The molecule has 62 valence electrons. The Kier molecular flexibility index (Phi) is 2.67. The Morgan fingerprint density at radius 2 is 1.80 bits per heavy atom. The van der Waals surface area contributed by atoms with Crippen molar-refractivity contribution in [2.24, 2.45) is 11.1 Å². The standard InChI is InChI=1S/C5H10F3NO/c1-4(2-9,3-10)5(6,7)8/h10H,2-3,9H2,1H3. The molecule has 3 N–H and O–H groups in total. The van der Waals surface area contributed by atoms with E-state index in [1.165, 1.54) is 0 Å². The van der Waals surface area contributed by atoms with Crippen LogP contribution in [0.15, 0.2) is 0 Å². The van der Waals surface area contributed by atoms with E-state index in [4.69, 9.17) is 10.8 Å². The molecule has 0 aromatic carbocycles. The maximum Gasteiger partial charge on any atom is 0.397 e. The normalized spacial score (nSPS) is 18.6. The summed E-state index contributed by atoms with van der Waals surface area (Å²) in [7, 11) is 0. The molecule has 0 saturated heterocycles. The van der Waals surface area contributed by atoms with E-state index in [0.717, 1.165) is 6.92 Å². The van der Waals surface area contributed by atoms with E-state index in [1.54, 1.807) is 0 Å². The van der Waals surface area contributed by atoms with Gasteiger partial charge in [-0.15, -0.1) is 0 Å². The predicted octanol–water partition coefficient (Wildman–Crippen LogP) is 0.506. The van der Waals surface area contributed by atoms with Gasteiger partial charge in [0.1, 0.15) is 0 Å². The summed E-state index contributed by atoms with van der Waals surface area (Å²) < 4.78 is 35.6. The van der Waals surface area contributed by atoms with Crippen LogP contribution in [0.3, 0.4) is 0 Å². The fraction of sp³-hybridized carbons (Fsp3) is 1.00. The highest BCUT2D eigenvalue weighted by Gasteiger charge is 2.49. The summed E-state index contributed by atoms with van der Waals surface area (Å²) in [6.45, 7) is -0.674. The average molecular weight is 157 g/mol. The van der Waals surface area contributed by atoms with Crippen LogP contribution in [0.5, 0.6) is 0 Å². The highest BCUT2D eigenvalue weighted by atomic mass is 19.4. The Hall–Kier alpha value is -0.290. The van der Waals surface area contributed by atoms with Crippen molar-refractivity contribution in [3.8, 4) is 0 Å². The van der Waals surface area contributed by atoms with Crippen molar-refractivity contribution in [1.29, 1.82) is 0 Å². The van der Waals surface area contributed by atoms with Crippen LogP contribution in [0, 0.1) is 5.41 Å². The van der Waals surface area contributed by atoms with Gasteiger partial charge < -0.3 is 10.8 Å². The van der Waals surface area contributed by atoms with Crippen LogP contribution in [0.2, 0.25) is 0 Å². The van der Waals surface area contributed by atoms with Gasteiger partial charge in [-0.05, 0) is 6.92 Å². The fourth-order valence-corrected chi connectivity index (χ4v) is 0.270. The first-order valence-electron chi connectivity index (χ1n) is 2.75. The molecule has 1 unspecified atom stereocenters. The van der Waals surface area contributed by atoms with Gasteiger partial charge in [-0.2, -0.15) is 13.2 Å². The lowest BCUT2D eigenvalue weighted by Gasteiger charge is -2.27. The minimum absolute atomic E-state index is 0.590. The largest absolute Gasteiger partial charge is 0.397 e. The molecule has 0 rings (SSSR count). The molecule has 5 heteroatoms.